The van der Waals surface area contributed by atoms with Crippen molar-refractivity contribution in [2.75, 3.05) is 0 Å². The number of benzene rings is 2. The van der Waals surface area contributed by atoms with Crippen molar-refractivity contribution in [3.63, 3.8) is 0 Å². The van der Waals surface area contributed by atoms with Gasteiger partial charge in [-0.1, -0.05) is 40.2 Å². The maximum atomic E-state index is 13.8. The number of hydrogen-bond donors (Lipinski definition) is 1. The summed E-state index contributed by atoms with van der Waals surface area (Å²) in [5.41, 5.74) is 7.47. The highest BCUT2D eigenvalue weighted by Gasteiger charge is 2.13. The third kappa shape index (κ3) is 3.55. The Kier molecular flexibility index (Phi) is 4.56. The van der Waals surface area contributed by atoms with Crippen LogP contribution in [0.2, 0.25) is 0 Å². The van der Waals surface area contributed by atoms with Gasteiger partial charge in [-0.2, -0.15) is 0 Å². The lowest BCUT2D eigenvalue weighted by Gasteiger charge is -2.14. The van der Waals surface area contributed by atoms with Gasteiger partial charge in [-0.25, -0.2) is 4.39 Å². The van der Waals surface area contributed by atoms with Crippen LogP contribution < -0.4 is 10.5 Å². The summed E-state index contributed by atoms with van der Waals surface area (Å²) in [6.07, 6.45) is 0. The fraction of sp³-hybridized carbons (Fsp3) is 0.200. The molecule has 2 rings (SSSR count). The van der Waals surface area contributed by atoms with E-state index in [9.17, 15) is 4.39 Å². The Morgan fingerprint density at radius 2 is 1.89 bits per heavy atom. The van der Waals surface area contributed by atoms with Gasteiger partial charge in [-0.05, 0) is 30.7 Å². The summed E-state index contributed by atoms with van der Waals surface area (Å²) >= 11 is 3.37. The third-order valence-corrected chi connectivity index (χ3v) is 3.31. The van der Waals surface area contributed by atoms with Crippen LogP contribution in [0.15, 0.2) is 46.9 Å². The van der Waals surface area contributed by atoms with E-state index in [4.69, 9.17) is 10.5 Å². The summed E-state index contributed by atoms with van der Waals surface area (Å²) in [6.45, 7) is 2.12. The maximum absolute atomic E-state index is 13.8. The van der Waals surface area contributed by atoms with E-state index in [-0.39, 0.29) is 17.6 Å². The summed E-state index contributed by atoms with van der Waals surface area (Å²) in [6, 6.07) is 12.2. The smallest absolute Gasteiger partial charge is 0.165 e. The van der Waals surface area contributed by atoms with E-state index >= 15 is 0 Å². The molecular weight excluding hydrogens is 309 g/mol. The third-order valence-electron chi connectivity index (χ3n) is 2.78. The fourth-order valence-corrected chi connectivity index (χ4v) is 2.04. The molecule has 0 amide bonds. The Hall–Kier alpha value is -1.39. The monoisotopic (exact) mass is 323 g/mol. The quantitative estimate of drug-likeness (QED) is 0.915. The molecular formula is C15H15BrFNO. The number of hydrogen-bond acceptors (Lipinski definition) is 2. The molecule has 2 N–H and O–H groups in total. The van der Waals surface area contributed by atoms with E-state index < -0.39 is 0 Å². The summed E-state index contributed by atoms with van der Waals surface area (Å²) in [5.74, 6) is -0.146. The molecule has 0 unspecified atom stereocenters. The van der Waals surface area contributed by atoms with Crippen LogP contribution in [0.25, 0.3) is 0 Å². The highest BCUT2D eigenvalue weighted by Crippen LogP contribution is 2.27. The standard InChI is InChI=1S/C15H15BrFNO/c1-10(18)13-3-2-4-14(17)15(13)19-9-11-5-7-12(16)8-6-11/h2-8,10H,9,18H2,1H3/t10-/m1/s1. The van der Waals surface area contributed by atoms with Crippen LogP contribution in [0, 0.1) is 5.82 Å². The minimum Gasteiger partial charge on any atom is -0.485 e. The average molecular weight is 324 g/mol. The van der Waals surface area contributed by atoms with E-state index in [1.165, 1.54) is 6.07 Å². The highest BCUT2D eigenvalue weighted by atomic mass is 79.9. The molecule has 0 heterocycles. The van der Waals surface area contributed by atoms with Crippen molar-refractivity contribution in [3.05, 3.63) is 63.9 Å². The number of ether oxygens (including phenoxy) is 1. The molecule has 1 atom stereocenters. The van der Waals surface area contributed by atoms with Crippen LogP contribution in [-0.2, 0) is 6.61 Å². The van der Waals surface area contributed by atoms with Gasteiger partial charge < -0.3 is 10.5 Å². The van der Waals surface area contributed by atoms with E-state index in [2.05, 4.69) is 15.9 Å². The molecule has 0 aliphatic rings. The van der Waals surface area contributed by atoms with Crippen molar-refractivity contribution in [2.24, 2.45) is 5.73 Å². The topological polar surface area (TPSA) is 35.2 Å². The van der Waals surface area contributed by atoms with Crippen LogP contribution >= 0.6 is 15.9 Å². The SMILES string of the molecule is C[C@@H](N)c1cccc(F)c1OCc1ccc(Br)cc1. The summed E-state index contributed by atoms with van der Waals surface area (Å²) < 4.78 is 20.4. The van der Waals surface area contributed by atoms with Crippen LogP contribution in [-0.4, -0.2) is 0 Å². The molecule has 0 radical (unpaired) electrons. The van der Waals surface area contributed by atoms with Gasteiger partial charge in [-0.3, -0.25) is 0 Å². The molecule has 2 nitrogen and oxygen atoms in total. The summed E-state index contributed by atoms with van der Waals surface area (Å²) in [7, 11) is 0. The van der Waals surface area contributed by atoms with Gasteiger partial charge in [0.15, 0.2) is 11.6 Å². The molecule has 0 aliphatic carbocycles. The zero-order valence-corrected chi connectivity index (χ0v) is 12.2. The normalized spacial score (nSPS) is 12.2. The Morgan fingerprint density at radius 3 is 2.53 bits per heavy atom. The fourth-order valence-electron chi connectivity index (χ4n) is 1.77. The van der Waals surface area contributed by atoms with Gasteiger partial charge in [0.25, 0.3) is 0 Å². The Bertz CT molecular complexity index is 555. The van der Waals surface area contributed by atoms with Gasteiger partial charge in [0.2, 0.25) is 0 Å². The van der Waals surface area contributed by atoms with Crippen molar-refractivity contribution < 1.29 is 9.13 Å². The number of rotatable bonds is 4. The van der Waals surface area contributed by atoms with Crippen LogP contribution in [0.3, 0.4) is 0 Å². The highest BCUT2D eigenvalue weighted by molar-refractivity contribution is 9.10. The molecule has 2 aromatic rings. The Labute approximate surface area is 120 Å². The van der Waals surface area contributed by atoms with Crippen LogP contribution in [0.5, 0.6) is 5.75 Å². The van der Waals surface area contributed by atoms with Crippen molar-refractivity contribution in [2.45, 2.75) is 19.6 Å². The first-order valence-electron chi connectivity index (χ1n) is 5.99. The predicted molar refractivity (Wildman–Crippen MR) is 77.5 cm³/mol. The van der Waals surface area contributed by atoms with Gasteiger partial charge >= 0.3 is 0 Å². The van der Waals surface area contributed by atoms with E-state index in [1.54, 1.807) is 19.1 Å². The lowest BCUT2D eigenvalue weighted by molar-refractivity contribution is 0.285. The second-order valence-electron chi connectivity index (χ2n) is 4.36. The first kappa shape index (κ1) is 14.0. The summed E-state index contributed by atoms with van der Waals surface area (Å²) in [5, 5.41) is 0. The zero-order valence-electron chi connectivity index (χ0n) is 10.6. The largest absolute Gasteiger partial charge is 0.485 e. The second-order valence-corrected chi connectivity index (χ2v) is 5.28. The van der Waals surface area contributed by atoms with Crippen molar-refractivity contribution in [3.8, 4) is 5.75 Å². The molecule has 0 fully saturated rings. The average Bonchev–Trinajstić information content (AvgIpc) is 2.39. The molecule has 4 heteroatoms. The number of para-hydroxylation sites is 1. The van der Waals surface area contributed by atoms with Crippen LogP contribution in [0.1, 0.15) is 24.1 Å². The predicted octanol–water partition coefficient (Wildman–Crippen LogP) is 4.19. The molecule has 100 valence electrons. The minimum absolute atomic E-state index is 0.236. The Morgan fingerprint density at radius 1 is 1.21 bits per heavy atom. The van der Waals surface area contributed by atoms with E-state index in [0.29, 0.717) is 12.2 Å². The first-order chi connectivity index (χ1) is 9.08. The van der Waals surface area contributed by atoms with E-state index in [0.717, 1.165) is 10.0 Å². The van der Waals surface area contributed by atoms with Gasteiger partial charge in [-0.15, -0.1) is 0 Å². The molecule has 0 saturated heterocycles. The minimum atomic E-state index is -0.382. The summed E-state index contributed by atoms with van der Waals surface area (Å²) in [4.78, 5) is 0. The lowest BCUT2D eigenvalue weighted by Crippen LogP contribution is -2.09. The molecule has 0 spiro atoms. The number of nitrogens with two attached hydrogens (primary N) is 1. The van der Waals surface area contributed by atoms with Crippen molar-refractivity contribution in [1.29, 1.82) is 0 Å². The van der Waals surface area contributed by atoms with Gasteiger partial charge in [0.05, 0.1) is 0 Å². The molecule has 0 saturated carbocycles. The lowest BCUT2D eigenvalue weighted by atomic mass is 10.1. The van der Waals surface area contributed by atoms with Gasteiger partial charge in [0, 0.05) is 16.1 Å². The van der Waals surface area contributed by atoms with Crippen LogP contribution in [0.4, 0.5) is 4.39 Å². The molecule has 19 heavy (non-hydrogen) atoms. The molecule has 0 bridgehead atoms. The van der Waals surface area contributed by atoms with Crippen molar-refractivity contribution in [1.82, 2.24) is 0 Å². The first-order valence-corrected chi connectivity index (χ1v) is 6.78. The number of halogens is 2. The second kappa shape index (κ2) is 6.17. The Balaban J connectivity index is 2.17. The molecule has 0 aliphatic heterocycles. The van der Waals surface area contributed by atoms with Crippen molar-refractivity contribution >= 4 is 15.9 Å². The zero-order chi connectivity index (χ0) is 13.8. The molecule has 0 aromatic heterocycles. The van der Waals surface area contributed by atoms with Gasteiger partial charge in [0.1, 0.15) is 6.61 Å². The molecule has 2 aromatic carbocycles. The maximum Gasteiger partial charge on any atom is 0.165 e. The van der Waals surface area contributed by atoms with E-state index in [1.807, 2.05) is 24.3 Å².